The molecular weight excluding hydrogens is 641 g/mol. The minimum absolute atomic E-state index is 0.0988. The van der Waals surface area contributed by atoms with Crippen LogP contribution in [-0.2, 0) is 0 Å². The molecule has 0 aliphatic rings. The monoisotopic (exact) mass is 691 g/mol. The van der Waals surface area contributed by atoms with Gasteiger partial charge in [-0.1, -0.05) is 157 Å². The summed E-state index contributed by atoms with van der Waals surface area (Å²) in [5.74, 6) is 0. The number of hydrogen-bond donors (Lipinski definition) is 0. The fraction of sp³-hybridized carbons (Fsp3) is 0. The van der Waals surface area contributed by atoms with Gasteiger partial charge in [-0.05, 0) is 124 Å². The van der Waals surface area contributed by atoms with Crippen LogP contribution in [0.4, 0.5) is 0 Å². The van der Waals surface area contributed by atoms with Crippen LogP contribution in [0.15, 0.2) is 198 Å². The molecule has 0 aliphatic heterocycles. The van der Waals surface area contributed by atoms with E-state index < -0.39 is 164 Å². The lowest BCUT2D eigenvalue weighted by atomic mass is 9.85. The van der Waals surface area contributed by atoms with Crippen molar-refractivity contribution in [1.82, 2.24) is 0 Å². The molecule has 0 bridgehead atoms. The minimum atomic E-state index is -0.869. The van der Waals surface area contributed by atoms with E-state index >= 15 is 0 Å². The third kappa shape index (κ3) is 4.79. The molecule has 10 aromatic carbocycles. The lowest BCUT2D eigenvalue weighted by Crippen LogP contribution is -1.90. The second kappa shape index (κ2) is 11.8. The Hall–Kier alpha value is -6.96. The Morgan fingerprint density at radius 3 is 1.72 bits per heavy atom. The minimum Gasteiger partial charge on any atom is -0.456 e. The maximum Gasteiger partial charge on any atom is 0.136 e. The van der Waals surface area contributed by atoms with E-state index in [9.17, 15) is 13.7 Å². The number of rotatable bonds is 4. The lowest BCUT2D eigenvalue weighted by molar-refractivity contribution is 0.669. The lowest BCUT2D eigenvalue weighted by Gasteiger charge is -2.18. The molecule has 1 heterocycles. The van der Waals surface area contributed by atoms with E-state index in [1.165, 1.54) is 0 Å². The molecule has 246 valence electrons. The van der Waals surface area contributed by atoms with Gasteiger partial charge in [0.05, 0.1) is 26.0 Å². The first-order valence-electron chi connectivity index (χ1n) is 26.2. The zero-order valence-electron chi connectivity index (χ0n) is 46.4. The smallest absolute Gasteiger partial charge is 0.136 e. The van der Waals surface area contributed by atoms with Crippen molar-refractivity contribution in [2.24, 2.45) is 0 Å². The van der Waals surface area contributed by atoms with Gasteiger partial charge in [0.2, 0.25) is 0 Å². The van der Waals surface area contributed by atoms with Crippen molar-refractivity contribution in [2.75, 3.05) is 0 Å². The maximum absolute atomic E-state index is 9.76. The number of hydrogen-bond acceptors (Lipinski definition) is 1. The fourth-order valence-electron chi connectivity index (χ4n) is 7.22. The molecule has 0 unspecified atom stereocenters. The summed E-state index contributed by atoms with van der Waals surface area (Å²) in [6.07, 6.45) is 0. The van der Waals surface area contributed by atoms with Gasteiger partial charge >= 0.3 is 0 Å². The van der Waals surface area contributed by atoms with Gasteiger partial charge in [-0.2, -0.15) is 0 Å². The van der Waals surface area contributed by atoms with Crippen LogP contribution in [0, 0.1) is 0 Å². The first-order valence-corrected chi connectivity index (χ1v) is 16.7. The SMILES string of the molecule is [2H]c1c([2H])c([2H])c(-c2c3c([2H])c([2H])c([2H])c([2H])c3c(-c3c([2H])c([2H])c4c([2H])c(-c5ccc6oc7cc(-c8cccc9ccccc89)ccc7c6c5)c([2H])c([2H])c4c3[2H])c3c([2H])c([2H])c([2H])c([2H])c23)c([2H])c1[2H]. The van der Waals surface area contributed by atoms with Crippen LogP contribution >= 0.6 is 0 Å². The number of benzene rings is 10. The van der Waals surface area contributed by atoms with Crippen molar-refractivity contribution in [3.63, 3.8) is 0 Å². The Morgan fingerprint density at radius 2 is 0.962 bits per heavy atom. The van der Waals surface area contributed by atoms with E-state index in [2.05, 4.69) is 0 Å². The summed E-state index contributed by atoms with van der Waals surface area (Å²) in [6.45, 7) is 0. The molecule has 0 amide bonds. The van der Waals surface area contributed by atoms with Crippen LogP contribution in [0.5, 0.6) is 0 Å². The standard InChI is InChI=1S/C52H32O/c1-2-12-34(13-3-1)51-44-16-6-8-18-46(44)52(47-19-9-7-17-45(47)51)40-24-23-35-29-36(21-22-37(35)30-40)38-26-28-49-48(31-38)43-27-25-39(32-50(43)53-49)42-20-10-14-33-11-4-5-15-41(33)42/h1-32H/i1D,2D,3D,6D,7D,8D,9D,12D,13D,16D,17D,18D,19D,21D,22D,23D,24D,29D,30D. The van der Waals surface area contributed by atoms with E-state index in [0.717, 1.165) is 27.3 Å². The van der Waals surface area contributed by atoms with Gasteiger partial charge in [-0.3, -0.25) is 0 Å². The molecule has 0 aliphatic carbocycles. The van der Waals surface area contributed by atoms with Gasteiger partial charge in [0.1, 0.15) is 11.2 Å². The molecule has 0 fully saturated rings. The van der Waals surface area contributed by atoms with Crippen LogP contribution in [0.3, 0.4) is 0 Å². The Bertz CT molecular complexity index is 4220. The normalized spacial score (nSPS) is 16.8. The van der Waals surface area contributed by atoms with Crippen molar-refractivity contribution in [3.8, 4) is 44.5 Å². The molecular formula is C52H32O. The summed E-state index contributed by atoms with van der Waals surface area (Å²) in [7, 11) is 0. The highest BCUT2D eigenvalue weighted by molar-refractivity contribution is 6.21. The Kier molecular flexibility index (Phi) is 3.69. The zero-order valence-corrected chi connectivity index (χ0v) is 27.4. The molecule has 0 spiro atoms. The van der Waals surface area contributed by atoms with Crippen molar-refractivity contribution in [2.45, 2.75) is 0 Å². The quantitative estimate of drug-likeness (QED) is 0.167. The average Bonchev–Trinajstić information content (AvgIpc) is 3.74. The third-order valence-electron chi connectivity index (χ3n) is 9.61. The van der Waals surface area contributed by atoms with Gasteiger partial charge in [0, 0.05) is 10.8 Å². The first kappa shape index (κ1) is 16.6. The Balaban J connectivity index is 1.21. The molecule has 11 rings (SSSR count). The molecule has 0 saturated carbocycles. The van der Waals surface area contributed by atoms with Gasteiger partial charge in [0.25, 0.3) is 0 Å². The van der Waals surface area contributed by atoms with Gasteiger partial charge in [-0.25, -0.2) is 0 Å². The Labute approximate surface area is 333 Å². The molecule has 1 heteroatoms. The van der Waals surface area contributed by atoms with Crippen molar-refractivity contribution in [3.05, 3.63) is 194 Å². The summed E-state index contributed by atoms with van der Waals surface area (Å²) in [6, 6.07) is 9.71. The summed E-state index contributed by atoms with van der Waals surface area (Å²) in [5.41, 5.74) is 0.757. The highest BCUT2D eigenvalue weighted by atomic mass is 16.3. The van der Waals surface area contributed by atoms with Crippen LogP contribution in [0.25, 0.3) is 110 Å². The predicted molar refractivity (Wildman–Crippen MR) is 225 cm³/mol. The van der Waals surface area contributed by atoms with E-state index in [1.54, 1.807) is 18.2 Å². The molecule has 0 atom stereocenters. The molecule has 0 saturated heterocycles. The second-order valence-corrected chi connectivity index (χ2v) is 12.6. The number of furan rings is 1. The van der Waals surface area contributed by atoms with E-state index in [0.29, 0.717) is 22.1 Å². The van der Waals surface area contributed by atoms with Gasteiger partial charge in [0.15, 0.2) is 0 Å². The fourth-order valence-corrected chi connectivity index (χ4v) is 7.22. The highest BCUT2D eigenvalue weighted by Gasteiger charge is 2.17. The number of fused-ring (bicyclic) bond motifs is 7. The first-order chi connectivity index (χ1) is 34.2. The van der Waals surface area contributed by atoms with Crippen molar-refractivity contribution in [1.29, 1.82) is 0 Å². The maximum atomic E-state index is 9.76. The summed E-state index contributed by atoms with van der Waals surface area (Å²) < 4.78 is 179. The zero-order chi connectivity index (χ0) is 51.4. The highest BCUT2D eigenvalue weighted by Crippen LogP contribution is 2.44. The Morgan fingerprint density at radius 1 is 0.340 bits per heavy atom. The molecule has 0 radical (unpaired) electrons. The molecule has 53 heavy (non-hydrogen) atoms. The molecule has 1 nitrogen and oxygen atoms in total. The van der Waals surface area contributed by atoms with Crippen molar-refractivity contribution >= 4 is 65.0 Å². The largest absolute Gasteiger partial charge is 0.456 e. The topological polar surface area (TPSA) is 13.1 Å². The summed E-state index contributed by atoms with van der Waals surface area (Å²) in [5, 5.41) is 0.326. The van der Waals surface area contributed by atoms with E-state index in [4.69, 9.17) is 16.8 Å². The second-order valence-electron chi connectivity index (χ2n) is 12.6. The van der Waals surface area contributed by atoms with Gasteiger partial charge < -0.3 is 4.42 Å². The van der Waals surface area contributed by atoms with Gasteiger partial charge in [-0.15, -0.1) is 0 Å². The molecule has 11 aromatic rings. The van der Waals surface area contributed by atoms with Crippen LogP contribution in [0.2, 0.25) is 0 Å². The van der Waals surface area contributed by atoms with Crippen LogP contribution in [0.1, 0.15) is 26.0 Å². The van der Waals surface area contributed by atoms with Crippen molar-refractivity contribution < 1.29 is 30.5 Å². The van der Waals surface area contributed by atoms with E-state index in [1.807, 2.05) is 60.7 Å². The third-order valence-corrected chi connectivity index (χ3v) is 9.61. The molecule has 0 N–H and O–H groups in total. The summed E-state index contributed by atoms with van der Waals surface area (Å²) >= 11 is 0. The average molecular weight is 692 g/mol. The molecule has 1 aromatic heterocycles. The predicted octanol–water partition coefficient (Wildman–Crippen LogP) is 14.9. The summed E-state index contributed by atoms with van der Waals surface area (Å²) in [4.78, 5) is 0. The van der Waals surface area contributed by atoms with Crippen LogP contribution < -0.4 is 0 Å². The van der Waals surface area contributed by atoms with E-state index in [-0.39, 0.29) is 10.9 Å². The van der Waals surface area contributed by atoms with Crippen LogP contribution in [-0.4, -0.2) is 0 Å².